The first-order valence-electron chi connectivity index (χ1n) is 38.0. The Labute approximate surface area is 753 Å². The van der Waals surface area contributed by atoms with E-state index >= 15 is 0 Å². The van der Waals surface area contributed by atoms with E-state index in [-0.39, 0.29) is 64.7 Å². The zero-order valence-electron chi connectivity index (χ0n) is 66.3. The minimum absolute atomic E-state index is 0. The predicted octanol–water partition coefficient (Wildman–Crippen LogP) is 7.96. The molecule has 121 heavy (non-hydrogen) atoms. The Morgan fingerprint density at radius 1 is 0.512 bits per heavy atom. The molecule has 0 atom stereocenters. The number of pyridine rings is 2. The van der Waals surface area contributed by atoms with E-state index in [2.05, 4.69) is 107 Å². The van der Waals surface area contributed by atoms with E-state index in [1.165, 1.54) is 92.4 Å². The van der Waals surface area contributed by atoms with Crippen LogP contribution in [-0.2, 0) is 32.7 Å². The fourth-order valence-electron chi connectivity index (χ4n) is 13.9. The van der Waals surface area contributed by atoms with E-state index < -0.39 is 0 Å². The molecule has 12 heterocycles. The van der Waals surface area contributed by atoms with Crippen molar-refractivity contribution in [2.75, 3.05) is 47.8 Å². The number of nitrogens with zero attached hydrogens (tertiary/aromatic N) is 13. The number of aryl methyl sites for hydroxylation is 1. The Bertz CT molecular complexity index is 7160. The SMILES string of the molecule is CCn1c(=O)/c(=C2\Sc3c(F)cccc3N2C)s/c1=C\c1scc[n+]1Cc1ccccc1.CCn1c(=O)/c(=C2\Sc3cc(Cl)ccc3N2C)s/c1=C\c1scc[n+]1Cc1ccccc1C.CN1/C(=c2\s/c(=C\c3ccncc3)n(C3CC3)c2=O)Sc2cc(F)ccc21.[C-]#[N+]c1ccc2c(c1)N(C)/C(=c1\s/c(=C\c3ccccn3)n(CC)c1=O)S2.[Cl-].[Cl-]. The smallest absolute Gasteiger partial charge is 0.272 e. The van der Waals surface area contributed by atoms with Gasteiger partial charge in [-0.1, -0.05) is 160 Å². The molecule has 32 heteroatoms. The molecule has 6 aromatic carbocycles. The highest BCUT2D eigenvalue weighted by molar-refractivity contribution is 8.09. The predicted molar refractivity (Wildman–Crippen MR) is 492 cm³/mol. The standard InChI is InChI=1S/C25H23ClN3OS3.C24H21FN3OS3.C20H16FN3OS2.C20H16N4OS2.2ClH/c1-4-29-22(14-21-28(11-12-31-21)15-17-8-6-5-7-16(17)2)33-23(24(29)30)25-27(3)19-10-9-18(26)13-20(19)32-25;1-3-28-20(14-19-27(12-13-30-19)15-16-8-5-4-6-9-16)31-22(23(28)29)24-26(2)18-11-7-10-17(25)21(18)32-24;1-23-15-5-2-13(21)11-16(15)26-20(23)18-19(25)24(14-3-4-14)17(27-18)10-12-6-8-22-9-7-12;1-4-24-17(12-14-7-5-6-10-22-14)27-18(19(24)25)20-23(3)15-11-13(21-2)8-9-16(15)26-20;;/h5-14H,4,15H2,1-3H3;4-14H,3,15H2,1-2H3;2,5-11,14H,3-4H2,1H3;5-12H,4H2,1,3H3;2*1H/q2*+1;;;;/p-2/b25-23+;24-22+;17-10-,20-18+;17-12-,20-18+;;. The minimum Gasteiger partial charge on any atom is -1.00 e. The number of hydrogen-bond donors (Lipinski definition) is 0. The molecule has 5 aliphatic rings. The van der Waals surface area contributed by atoms with Gasteiger partial charge in [0.15, 0.2) is 31.2 Å². The summed E-state index contributed by atoms with van der Waals surface area (Å²) in [6.07, 6.45) is 19.7. The Morgan fingerprint density at radius 3 is 1.62 bits per heavy atom. The molecular weight excluding hydrogens is 1780 g/mol. The summed E-state index contributed by atoms with van der Waals surface area (Å²) in [5.41, 5.74) is 10.1. The van der Waals surface area contributed by atoms with Crippen molar-refractivity contribution in [2.24, 2.45) is 0 Å². The summed E-state index contributed by atoms with van der Waals surface area (Å²) in [7, 11) is 7.77. The van der Waals surface area contributed by atoms with Crippen LogP contribution in [0.3, 0.4) is 0 Å². The van der Waals surface area contributed by atoms with E-state index in [9.17, 15) is 28.0 Å². The van der Waals surface area contributed by atoms with E-state index in [1.807, 2.05) is 176 Å². The summed E-state index contributed by atoms with van der Waals surface area (Å²) in [6, 6.07) is 50.0. The molecule has 0 unspecified atom stereocenters. The van der Waals surface area contributed by atoms with E-state index in [1.54, 1.807) is 97.4 Å². The van der Waals surface area contributed by atoms with Crippen molar-refractivity contribution in [1.29, 1.82) is 0 Å². The number of hydrogen-bond acceptors (Lipinski definition) is 20. The third-order valence-corrected chi connectivity index (χ3v) is 32.1. The number of rotatable bonds is 12. The second-order valence-electron chi connectivity index (χ2n) is 27.8. The fourth-order valence-corrected chi connectivity index (χ4v) is 25.7. The molecule has 14 aromatic rings. The Kier molecular flexibility index (Phi) is 27.9. The van der Waals surface area contributed by atoms with Crippen LogP contribution in [0.2, 0.25) is 5.02 Å². The maximum atomic E-state index is 14.3. The summed E-state index contributed by atoms with van der Waals surface area (Å²) < 4.78 is 46.3. The van der Waals surface area contributed by atoms with Gasteiger partial charge in [-0.2, -0.15) is 9.13 Å². The van der Waals surface area contributed by atoms with Gasteiger partial charge < -0.3 is 44.4 Å². The van der Waals surface area contributed by atoms with Gasteiger partial charge in [-0.15, -0.1) is 45.3 Å². The normalized spacial score (nSPS) is 16.0. The molecule has 0 radical (unpaired) electrons. The lowest BCUT2D eigenvalue weighted by molar-refractivity contribution is -0.685. The van der Waals surface area contributed by atoms with Crippen LogP contribution in [0.1, 0.15) is 77.6 Å². The number of benzene rings is 6. The van der Waals surface area contributed by atoms with E-state index in [0.29, 0.717) is 48.8 Å². The van der Waals surface area contributed by atoms with Gasteiger partial charge in [0.2, 0.25) is 0 Å². The second kappa shape index (κ2) is 38.4. The van der Waals surface area contributed by atoms with Gasteiger partial charge in [0.05, 0.1) is 61.8 Å². The summed E-state index contributed by atoms with van der Waals surface area (Å²) in [5, 5.41) is 10.6. The molecular formula is C89H76Cl3F2N13O4S10. The van der Waals surface area contributed by atoms with E-state index in [4.69, 9.17) is 18.2 Å². The third kappa shape index (κ3) is 18.4. The van der Waals surface area contributed by atoms with Crippen LogP contribution in [0.15, 0.2) is 238 Å². The summed E-state index contributed by atoms with van der Waals surface area (Å²) >= 11 is 21.5. The number of aromatic nitrogens is 8. The number of thioether (sulfide) groups is 4. The average molecular weight is 1860 g/mol. The lowest BCUT2D eigenvalue weighted by Crippen LogP contribution is -3.00. The first kappa shape index (κ1) is 87.7. The Hall–Kier alpha value is -9.62. The first-order valence-corrected chi connectivity index (χ1v) is 46.7. The van der Waals surface area contributed by atoms with Crippen LogP contribution >= 0.6 is 127 Å². The highest BCUT2D eigenvalue weighted by Gasteiger charge is 2.33. The van der Waals surface area contributed by atoms with Crippen LogP contribution in [0.25, 0.3) is 49.3 Å². The molecule has 4 aliphatic heterocycles. The van der Waals surface area contributed by atoms with Gasteiger partial charge >= 0.3 is 0 Å². The van der Waals surface area contributed by atoms with Crippen molar-refractivity contribution in [3.8, 4) is 0 Å². The van der Waals surface area contributed by atoms with Crippen molar-refractivity contribution in [3.63, 3.8) is 0 Å². The molecule has 0 saturated heterocycles. The van der Waals surface area contributed by atoms with Gasteiger partial charge in [0, 0.05) is 109 Å². The molecule has 616 valence electrons. The summed E-state index contributed by atoms with van der Waals surface area (Å²) in [4.78, 5) is 76.4. The van der Waals surface area contributed by atoms with Crippen LogP contribution < -0.4 is 113 Å². The maximum absolute atomic E-state index is 14.3. The van der Waals surface area contributed by atoms with Crippen LogP contribution in [0.5, 0.6) is 0 Å². The molecule has 17 nitrogen and oxygen atoms in total. The fraction of sp³-hybridized carbons (Fsp3) is 0.180. The van der Waals surface area contributed by atoms with Crippen molar-refractivity contribution >= 4 is 200 Å². The van der Waals surface area contributed by atoms with Gasteiger partial charge in [-0.05, 0) is 143 Å². The Morgan fingerprint density at radius 2 is 1.04 bits per heavy atom. The zero-order valence-corrected chi connectivity index (χ0v) is 76.7. The zero-order chi connectivity index (χ0) is 82.9. The molecule has 1 saturated carbocycles. The van der Waals surface area contributed by atoms with Crippen LogP contribution in [0.4, 0.5) is 37.2 Å². The summed E-state index contributed by atoms with van der Waals surface area (Å²) in [6.45, 7) is 18.7. The second-order valence-corrected chi connectivity index (χ2v) is 38.3. The highest BCUT2D eigenvalue weighted by atomic mass is 35.5. The molecule has 1 aliphatic carbocycles. The molecule has 1 fully saturated rings. The highest BCUT2D eigenvalue weighted by Crippen LogP contribution is 2.50. The van der Waals surface area contributed by atoms with E-state index in [0.717, 1.165) is 128 Å². The molecule has 0 bridgehead atoms. The van der Waals surface area contributed by atoms with Crippen LogP contribution in [0, 0.1) is 25.1 Å². The topological polar surface area (TPSA) is 139 Å². The maximum Gasteiger partial charge on any atom is 0.272 e. The molecule has 0 spiro atoms. The lowest BCUT2D eigenvalue weighted by atomic mass is 10.1. The van der Waals surface area contributed by atoms with Gasteiger partial charge in [-0.25, -0.2) is 13.6 Å². The largest absolute Gasteiger partial charge is 1.00 e. The van der Waals surface area contributed by atoms with Gasteiger partial charge in [0.25, 0.3) is 32.3 Å². The molecule has 8 aromatic heterocycles. The molecule has 19 rings (SSSR count). The van der Waals surface area contributed by atoms with Crippen molar-refractivity contribution in [2.45, 2.75) is 98.9 Å². The minimum atomic E-state index is -0.260. The van der Waals surface area contributed by atoms with Crippen molar-refractivity contribution < 1.29 is 42.7 Å². The summed E-state index contributed by atoms with van der Waals surface area (Å²) in [5.74, 6) is -0.516. The quantitative estimate of drug-likeness (QED) is 0.0864. The number of halogens is 5. The third-order valence-electron chi connectivity index (χ3n) is 20.2. The van der Waals surface area contributed by atoms with Crippen LogP contribution in [-0.4, -0.2) is 56.4 Å². The monoisotopic (exact) mass is 1850 g/mol. The Balaban J connectivity index is 0.000000132. The van der Waals surface area contributed by atoms with Gasteiger partial charge in [-0.3, -0.25) is 47.4 Å². The van der Waals surface area contributed by atoms with Crippen molar-refractivity contribution in [1.82, 2.24) is 28.2 Å². The van der Waals surface area contributed by atoms with Crippen molar-refractivity contribution in [3.05, 3.63) is 344 Å². The first-order chi connectivity index (χ1) is 57.8. The average Bonchev–Trinajstić information content (AvgIpc) is 1.60. The molecule has 0 amide bonds. The number of fused-ring (bicyclic) bond motifs is 4. The lowest BCUT2D eigenvalue weighted by Gasteiger charge is -2.12. The number of thiazole rings is 6. The molecule has 0 N–H and O–H groups in total. The number of anilines is 4. The van der Waals surface area contributed by atoms with Gasteiger partial charge in [0.1, 0.15) is 63.9 Å².